The molecule has 0 amide bonds. The largest absolute Gasteiger partial charge is 0.494 e. The SMILES string of the molecule is CC1(C)OB(c2ccc3c(c2)c2ccccc2n3-c2ccc3ccc4c(c3c2)C=CCC4)OC1(C)C. The molecule has 0 unspecified atom stereocenters. The van der Waals surface area contributed by atoms with E-state index in [4.69, 9.17) is 9.31 Å². The van der Waals surface area contributed by atoms with Gasteiger partial charge in [0.2, 0.25) is 0 Å². The molecule has 2 heterocycles. The molecule has 0 N–H and O–H groups in total. The summed E-state index contributed by atoms with van der Waals surface area (Å²) in [4.78, 5) is 0. The van der Waals surface area contributed by atoms with Gasteiger partial charge in [0, 0.05) is 16.5 Å². The van der Waals surface area contributed by atoms with Crippen molar-refractivity contribution in [2.75, 3.05) is 0 Å². The number of aryl methyl sites for hydroxylation is 1. The summed E-state index contributed by atoms with van der Waals surface area (Å²) in [5.41, 5.74) is 6.72. The monoisotopic (exact) mass is 471 g/mol. The first-order chi connectivity index (χ1) is 17.3. The van der Waals surface area contributed by atoms with E-state index in [0.717, 1.165) is 18.3 Å². The minimum atomic E-state index is -0.375. The molecule has 0 spiro atoms. The molecule has 7 rings (SSSR count). The first-order valence-corrected chi connectivity index (χ1v) is 12.9. The van der Waals surface area contributed by atoms with E-state index in [9.17, 15) is 0 Å². The van der Waals surface area contributed by atoms with Crippen LogP contribution < -0.4 is 5.46 Å². The Balaban J connectivity index is 1.43. The van der Waals surface area contributed by atoms with Crippen molar-refractivity contribution in [3.8, 4) is 5.69 Å². The predicted molar refractivity (Wildman–Crippen MR) is 151 cm³/mol. The van der Waals surface area contributed by atoms with Gasteiger partial charge in [-0.3, -0.25) is 0 Å². The number of hydrogen-bond donors (Lipinski definition) is 0. The molecular weight excluding hydrogens is 441 g/mol. The Kier molecular flexibility index (Phi) is 4.61. The Hall–Kier alpha value is -3.34. The van der Waals surface area contributed by atoms with Crippen LogP contribution in [0.2, 0.25) is 0 Å². The highest BCUT2D eigenvalue weighted by molar-refractivity contribution is 6.62. The van der Waals surface area contributed by atoms with Crippen LogP contribution in [0, 0.1) is 0 Å². The normalized spacial score (nSPS) is 18.4. The molecule has 4 heteroatoms. The highest BCUT2D eigenvalue weighted by Gasteiger charge is 2.51. The van der Waals surface area contributed by atoms with Crippen LogP contribution >= 0.6 is 0 Å². The van der Waals surface area contributed by atoms with Crippen molar-refractivity contribution < 1.29 is 9.31 Å². The van der Waals surface area contributed by atoms with E-state index >= 15 is 0 Å². The fourth-order valence-electron chi connectivity index (χ4n) is 5.76. The van der Waals surface area contributed by atoms with Crippen molar-refractivity contribution in [3.05, 3.63) is 90.0 Å². The summed E-state index contributed by atoms with van der Waals surface area (Å²) in [5, 5.41) is 5.06. The number of nitrogens with zero attached hydrogens (tertiary/aromatic N) is 1. The van der Waals surface area contributed by atoms with Gasteiger partial charge >= 0.3 is 7.12 Å². The highest BCUT2D eigenvalue weighted by Crippen LogP contribution is 2.38. The molecule has 36 heavy (non-hydrogen) atoms. The average molecular weight is 471 g/mol. The lowest BCUT2D eigenvalue weighted by Crippen LogP contribution is -2.41. The van der Waals surface area contributed by atoms with Crippen molar-refractivity contribution in [3.63, 3.8) is 0 Å². The van der Waals surface area contributed by atoms with E-state index in [-0.39, 0.29) is 18.3 Å². The maximum atomic E-state index is 6.37. The molecule has 0 radical (unpaired) electrons. The molecule has 0 atom stereocenters. The van der Waals surface area contributed by atoms with Crippen molar-refractivity contribution in [2.45, 2.75) is 51.7 Å². The zero-order valence-electron chi connectivity index (χ0n) is 21.3. The molecule has 0 saturated carbocycles. The van der Waals surface area contributed by atoms with Gasteiger partial charge in [-0.1, -0.05) is 60.7 Å². The average Bonchev–Trinajstić information content (AvgIpc) is 3.32. The highest BCUT2D eigenvalue weighted by atomic mass is 16.7. The summed E-state index contributed by atoms with van der Waals surface area (Å²) in [6.07, 6.45) is 6.83. The first-order valence-electron chi connectivity index (χ1n) is 12.9. The quantitative estimate of drug-likeness (QED) is 0.254. The van der Waals surface area contributed by atoms with E-state index in [1.807, 2.05) is 0 Å². The maximum absolute atomic E-state index is 6.37. The number of benzene rings is 4. The van der Waals surface area contributed by atoms with Gasteiger partial charge in [0.1, 0.15) is 0 Å². The lowest BCUT2D eigenvalue weighted by atomic mass is 9.78. The zero-order valence-corrected chi connectivity index (χ0v) is 21.3. The molecule has 178 valence electrons. The van der Waals surface area contributed by atoms with Gasteiger partial charge in [-0.25, -0.2) is 0 Å². The van der Waals surface area contributed by atoms with Crippen molar-refractivity contribution in [2.24, 2.45) is 0 Å². The first kappa shape index (κ1) is 21.9. The van der Waals surface area contributed by atoms with Gasteiger partial charge in [-0.15, -0.1) is 0 Å². The molecule has 1 aromatic heterocycles. The Labute approximate surface area is 212 Å². The van der Waals surface area contributed by atoms with Gasteiger partial charge in [0.25, 0.3) is 0 Å². The Bertz CT molecular complexity index is 1690. The second-order valence-corrected chi connectivity index (χ2v) is 11.2. The third-order valence-corrected chi connectivity index (χ3v) is 8.48. The Morgan fingerprint density at radius 1 is 0.750 bits per heavy atom. The molecule has 5 aromatic rings. The molecular formula is C32H30BNO2. The van der Waals surface area contributed by atoms with Crippen molar-refractivity contribution >= 4 is 51.2 Å². The summed E-state index contributed by atoms with van der Waals surface area (Å²) in [6.45, 7) is 8.41. The van der Waals surface area contributed by atoms with E-state index in [2.05, 4.69) is 117 Å². The fourth-order valence-corrected chi connectivity index (χ4v) is 5.76. The molecule has 1 saturated heterocycles. The summed E-state index contributed by atoms with van der Waals surface area (Å²) in [6, 6.07) is 26.7. The zero-order chi connectivity index (χ0) is 24.7. The number of allylic oxidation sites excluding steroid dienone is 1. The van der Waals surface area contributed by atoms with Crippen molar-refractivity contribution in [1.82, 2.24) is 4.57 Å². The van der Waals surface area contributed by atoms with Crippen LogP contribution in [-0.2, 0) is 15.7 Å². The van der Waals surface area contributed by atoms with E-state index in [1.54, 1.807) is 0 Å². The topological polar surface area (TPSA) is 23.4 Å². The fraction of sp³-hybridized carbons (Fsp3) is 0.250. The summed E-state index contributed by atoms with van der Waals surface area (Å²) >= 11 is 0. The number of rotatable bonds is 2. The third kappa shape index (κ3) is 3.14. The Morgan fingerprint density at radius 3 is 2.33 bits per heavy atom. The number of hydrogen-bond acceptors (Lipinski definition) is 2. The second kappa shape index (κ2) is 7.58. The third-order valence-electron chi connectivity index (χ3n) is 8.48. The van der Waals surface area contributed by atoms with Crippen molar-refractivity contribution in [1.29, 1.82) is 0 Å². The van der Waals surface area contributed by atoms with Crippen LogP contribution in [0.3, 0.4) is 0 Å². The van der Waals surface area contributed by atoms with Crippen LogP contribution in [0.15, 0.2) is 78.9 Å². The summed E-state index contributed by atoms with van der Waals surface area (Å²) < 4.78 is 15.1. The number of aromatic nitrogens is 1. The summed E-state index contributed by atoms with van der Waals surface area (Å²) in [7, 11) is -0.375. The van der Waals surface area contributed by atoms with E-state index in [0.29, 0.717) is 0 Å². The Morgan fingerprint density at radius 2 is 1.50 bits per heavy atom. The van der Waals surface area contributed by atoms with Gasteiger partial charge < -0.3 is 13.9 Å². The molecule has 0 bridgehead atoms. The molecule has 1 fully saturated rings. The van der Waals surface area contributed by atoms with Gasteiger partial charge in [0.15, 0.2) is 0 Å². The smallest absolute Gasteiger partial charge is 0.399 e. The molecule has 1 aliphatic carbocycles. The second-order valence-electron chi connectivity index (χ2n) is 11.2. The molecule has 2 aliphatic rings. The lowest BCUT2D eigenvalue weighted by Gasteiger charge is -2.32. The number of fused-ring (bicyclic) bond motifs is 6. The van der Waals surface area contributed by atoms with Gasteiger partial charge in [0.05, 0.1) is 22.2 Å². The number of para-hydroxylation sites is 1. The predicted octanol–water partition coefficient (Wildman–Crippen LogP) is 7.20. The minimum absolute atomic E-state index is 0.362. The molecule has 1 aliphatic heterocycles. The van der Waals surface area contributed by atoms with Gasteiger partial charge in [-0.05, 0) is 92.2 Å². The molecule has 4 aromatic carbocycles. The van der Waals surface area contributed by atoms with E-state index in [1.165, 1.54) is 49.4 Å². The molecule has 3 nitrogen and oxygen atoms in total. The van der Waals surface area contributed by atoms with Crippen LogP contribution in [0.4, 0.5) is 0 Å². The standard InChI is InChI=1S/C32H30BNO2/c1-31(2)32(3,4)36-33(35-31)23-16-18-30-28(19-23)26-11-7-8-12-29(26)34(30)24-17-15-22-14-13-21-9-5-6-10-25(21)27(22)20-24/h6-8,10-20H,5,9H2,1-4H3. The minimum Gasteiger partial charge on any atom is -0.399 e. The van der Waals surface area contributed by atoms with Crippen LogP contribution in [0.1, 0.15) is 45.2 Å². The van der Waals surface area contributed by atoms with Crippen LogP contribution in [-0.4, -0.2) is 22.9 Å². The van der Waals surface area contributed by atoms with Gasteiger partial charge in [-0.2, -0.15) is 0 Å². The van der Waals surface area contributed by atoms with Crippen LogP contribution in [0.5, 0.6) is 0 Å². The summed E-state index contributed by atoms with van der Waals surface area (Å²) in [5.74, 6) is 0. The van der Waals surface area contributed by atoms with E-state index < -0.39 is 0 Å². The van der Waals surface area contributed by atoms with Crippen LogP contribution in [0.25, 0.3) is 44.3 Å². The lowest BCUT2D eigenvalue weighted by molar-refractivity contribution is 0.00578. The maximum Gasteiger partial charge on any atom is 0.494 e.